The molecule has 0 saturated carbocycles. The SMILES string of the molecule is COC(=O)c1sc(NCCC(C)(O)c2ccccc2)nc1Cl. The molecule has 2 rings (SSSR count). The van der Waals surface area contributed by atoms with Crippen LogP contribution in [0.1, 0.15) is 28.6 Å². The molecule has 2 aromatic rings. The van der Waals surface area contributed by atoms with Gasteiger partial charge in [-0.25, -0.2) is 9.78 Å². The van der Waals surface area contributed by atoms with Crippen molar-refractivity contribution in [3.05, 3.63) is 45.9 Å². The molecule has 1 aromatic carbocycles. The molecule has 1 aromatic heterocycles. The molecule has 0 aliphatic heterocycles. The van der Waals surface area contributed by atoms with Crippen LogP contribution in [0.5, 0.6) is 0 Å². The van der Waals surface area contributed by atoms with Crippen molar-refractivity contribution in [1.29, 1.82) is 0 Å². The number of thiazole rings is 1. The number of methoxy groups -OCH3 is 1. The minimum absolute atomic E-state index is 0.120. The molecular formula is C15H17ClN2O3S. The number of aliphatic hydroxyl groups is 1. The lowest BCUT2D eigenvalue weighted by Crippen LogP contribution is -2.24. The maximum absolute atomic E-state index is 11.5. The topological polar surface area (TPSA) is 71.5 Å². The molecule has 2 N–H and O–H groups in total. The summed E-state index contributed by atoms with van der Waals surface area (Å²) >= 11 is 7.02. The van der Waals surface area contributed by atoms with Gasteiger partial charge >= 0.3 is 5.97 Å². The first kappa shape index (κ1) is 16.7. The highest BCUT2D eigenvalue weighted by atomic mass is 35.5. The molecule has 7 heteroatoms. The van der Waals surface area contributed by atoms with Gasteiger partial charge < -0.3 is 15.2 Å². The Morgan fingerprint density at radius 3 is 2.77 bits per heavy atom. The van der Waals surface area contributed by atoms with Crippen LogP contribution in [0.15, 0.2) is 30.3 Å². The number of carbonyl (C=O) groups is 1. The maximum atomic E-state index is 11.5. The molecule has 118 valence electrons. The zero-order chi connectivity index (χ0) is 16.2. The normalized spacial score (nSPS) is 13.5. The molecule has 0 spiro atoms. The zero-order valence-corrected chi connectivity index (χ0v) is 13.9. The van der Waals surface area contributed by atoms with Gasteiger partial charge in [0.25, 0.3) is 0 Å². The van der Waals surface area contributed by atoms with Gasteiger partial charge in [-0.3, -0.25) is 0 Å². The molecule has 0 fully saturated rings. The van der Waals surface area contributed by atoms with Crippen molar-refractivity contribution in [2.24, 2.45) is 0 Å². The number of nitrogens with zero attached hydrogens (tertiary/aromatic N) is 1. The number of nitrogens with one attached hydrogen (secondary N) is 1. The van der Waals surface area contributed by atoms with Crippen LogP contribution in [0.3, 0.4) is 0 Å². The minimum atomic E-state index is -0.944. The number of esters is 1. The largest absolute Gasteiger partial charge is 0.465 e. The molecule has 0 aliphatic carbocycles. The molecule has 0 aliphatic rings. The summed E-state index contributed by atoms with van der Waals surface area (Å²) in [5.41, 5.74) is -0.0928. The van der Waals surface area contributed by atoms with Crippen LogP contribution in [0.4, 0.5) is 5.13 Å². The molecule has 1 heterocycles. The number of anilines is 1. The van der Waals surface area contributed by atoms with E-state index >= 15 is 0 Å². The number of rotatable bonds is 6. The van der Waals surface area contributed by atoms with E-state index in [0.717, 1.165) is 16.9 Å². The van der Waals surface area contributed by atoms with Crippen molar-refractivity contribution in [3.8, 4) is 0 Å². The number of carbonyl (C=O) groups excluding carboxylic acids is 1. The van der Waals surface area contributed by atoms with Crippen LogP contribution in [0.2, 0.25) is 5.15 Å². The van der Waals surface area contributed by atoms with Crippen molar-refractivity contribution >= 4 is 34.0 Å². The van der Waals surface area contributed by atoms with E-state index in [1.54, 1.807) is 6.92 Å². The summed E-state index contributed by atoms with van der Waals surface area (Å²) in [6.07, 6.45) is 0.488. The van der Waals surface area contributed by atoms with E-state index in [-0.39, 0.29) is 10.0 Å². The average Bonchev–Trinajstić information content (AvgIpc) is 2.88. The molecular weight excluding hydrogens is 324 g/mol. The van der Waals surface area contributed by atoms with Crippen LogP contribution < -0.4 is 5.32 Å². The third kappa shape index (κ3) is 3.97. The Balaban J connectivity index is 1.95. The fourth-order valence-corrected chi connectivity index (χ4v) is 3.08. The molecule has 0 amide bonds. The summed E-state index contributed by atoms with van der Waals surface area (Å²) in [4.78, 5) is 15.8. The second-order valence-electron chi connectivity index (χ2n) is 4.95. The molecule has 0 saturated heterocycles. The first-order chi connectivity index (χ1) is 10.4. The van der Waals surface area contributed by atoms with Crippen molar-refractivity contribution < 1.29 is 14.6 Å². The van der Waals surface area contributed by atoms with Crippen molar-refractivity contribution in [2.45, 2.75) is 18.9 Å². The van der Waals surface area contributed by atoms with Crippen LogP contribution in [-0.2, 0) is 10.3 Å². The summed E-state index contributed by atoms with van der Waals surface area (Å²) in [5.74, 6) is -0.508. The smallest absolute Gasteiger partial charge is 0.351 e. The van der Waals surface area contributed by atoms with Gasteiger partial charge in [-0.1, -0.05) is 53.3 Å². The first-order valence-electron chi connectivity index (χ1n) is 6.70. The number of aromatic nitrogens is 1. The average molecular weight is 341 g/mol. The maximum Gasteiger partial charge on any atom is 0.351 e. The van der Waals surface area contributed by atoms with Crippen molar-refractivity contribution in [2.75, 3.05) is 19.0 Å². The minimum Gasteiger partial charge on any atom is -0.465 e. The number of hydrogen-bond acceptors (Lipinski definition) is 6. The molecule has 0 radical (unpaired) electrons. The lowest BCUT2D eigenvalue weighted by Gasteiger charge is -2.23. The Morgan fingerprint density at radius 2 is 2.14 bits per heavy atom. The third-order valence-corrected chi connectivity index (χ3v) is 4.62. The fraction of sp³-hybridized carbons (Fsp3) is 0.333. The summed E-state index contributed by atoms with van der Waals surface area (Å²) in [6.45, 7) is 2.26. The lowest BCUT2D eigenvalue weighted by molar-refractivity contribution is 0.0515. The standard InChI is InChI=1S/C15H17ClN2O3S/c1-15(20,10-6-4-3-5-7-10)8-9-17-14-18-12(16)11(22-14)13(19)21-2/h3-7,20H,8-9H2,1-2H3,(H,17,18). The van der Waals surface area contributed by atoms with Crippen LogP contribution in [-0.4, -0.2) is 29.7 Å². The van der Waals surface area contributed by atoms with Gasteiger partial charge in [0.1, 0.15) is 0 Å². The molecule has 22 heavy (non-hydrogen) atoms. The van der Waals surface area contributed by atoms with Crippen LogP contribution in [0.25, 0.3) is 0 Å². The summed E-state index contributed by atoms with van der Waals surface area (Å²) in [6, 6.07) is 9.45. The van der Waals surface area contributed by atoms with Gasteiger partial charge in [0.05, 0.1) is 12.7 Å². The summed E-state index contributed by atoms with van der Waals surface area (Å²) in [7, 11) is 1.29. The third-order valence-electron chi connectivity index (χ3n) is 3.24. The van der Waals surface area contributed by atoms with Crippen LogP contribution in [0, 0.1) is 0 Å². The summed E-state index contributed by atoms with van der Waals surface area (Å²) in [5, 5.41) is 14.2. The predicted octanol–water partition coefficient (Wildman–Crippen LogP) is 3.29. The summed E-state index contributed by atoms with van der Waals surface area (Å²) < 4.78 is 4.63. The monoisotopic (exact) mass is 340 g/mol. The van der Waals surface area contributed by atoms with E-state index in [1.807, 2.05) is 30.3 Å². The predicted molar refractivity (Wildman–Crippen MR) is 87.6 cm³/mol. The Bertz CT molecular complexity index is 643. The Morgan fingerprint density at radius 1 is 1.45 bits per heavy atom. The number of ether oxygens (including phenoxy) is 1. The van der Waals surface area contributed by atoms with Crippen LogP contribution >= 0.6 is 22.9 Å². The van der Waals surface area contributed by atoms with E-state index < -0.39 is 11.6 Å². The number of benzene rings is 1. The molecule has 1 atom stereocenters. The number of hydrogen-bond donors (Lipinski definition) is 2. The van der Waals surface area contributed by atoms with Gasteiger partial charge in [0, 0.05) is 6.54 Å². The zero-order valence-electron chi connectivity index (χ0n) is 12.3. The highest BCUT2D eigenvalue weighted by Crippen LogP contribution is 2.28. The van der Waals surface area contributed by atoms with E-state index in [2.05, 4.69) is 15.0 Å². The molecule has 0 bridgehead atoms. The van der Waals surface area contributed by atoms with E-state index in [0.29, 0.717) is 18.1 Å². The van der Waals surface area contributed by atoms with E-state index in [1.165, 1.54) is 7.11 Å². The highest BCUT2D eigenvalue weighted by Gasteiger charge is 2.23. The first-order valence-corrected chi connectivity index (χ1v) is 7.90. The fourth-order valence-electron chi connectivity index (χ4n) is 1.95. The second kappa shape index (κ2) is 7.09. The second-order valence-corrected chi connectivity index (χ2v) is 6.30. The van der Waals surface area contributed by atoms with E-state index in [4.69, 9.17) is 11.6 Å². The Hall–Kier alpha value is -1.63. The Kier molecular flexibility index (Phi) is 5.39. The molecule has 1 unspecified atom stereocenters. The van der Waals surface area contributed by atoms with Gasteiger partial charge in [0.2, 0.25) is 0 Å². The van der Waals surface area contributed by atoms with Crippen molar-refractivity contribution in [3.63, 3.8) is 0 Å². The van der Waals surface area contributed by atoms with Gasteiger partial charge in [-0.05, 0) is 18.9 Å². The van der Waals surface area contributed by atoms with Crippen molar-refractivity contribution in [1.82, 2.24) is 4.98 Å². The van der Waals surface area contributed by atoms with Gasteiger partial charge in [-0.2, -0.15) is 0 Å². The molecule has 5 nitrogen and oxygen atoms in total. The highest BCUT2D eigenvalue weighted by molar-refractivity contribution is 7.18. The quantitative estimate of drug-likeness (QED) is 0.789. The number of halogens is 1. The van der Waals surface area contributed by atoms with Gasteiger partial charge in [-0.15, -0.1) is 0 Å². The lowest BCUT2D eigenvalue weighted by atomic mass is 9.93. The Labute approximate surface area is 137 Å². The van der Waals surface area contributed by atoms with E-state index in [9.17, 15) is 9.90 Å². The van der Waals surface area contributed by atoms with Gasteiger partial charge in [0.15, 0.2) is 15.2 Å².